The Labute approximate surface area is 217 Å². The molecule has 0 unspecified atom stereocenters. The van der Waals surface area contributed by atoms with Gasteiger partial charge in [-0.1, -0.05) is 48.7 Å². The van der Waals surface area contributed by atoms with Crippen molar-refractivity contribution in [2.75, 3.05) is 30.8 Å². The minimum atomic E-state index is -3.87. The summed E-state index contributed by atoms with van der Waals surface area (Å²) in [7, 11) is -2.32. The highest BCUT2D eigenvalue weighted by Gasteiger charge is 2.30. The van der Waals surface area contributed by atoms with Gasteiger partial charge >= 0.3 is 0 Å². The van der Waals surface area contributed by atoms with E-state index in [1.54, 1.807) is 38.3 Å². The number of anilines is 1. The van der Waals surface area contributed by atoms with Gasteiger partial charge in [-0.05, 0) is 49.2 Å². The monoisotopic (exact) mass is 543 g/mol. The number of nitrogens with zero attached hydrogens (tertiary/aromatic N) is 2. The SMILES string of the molecule is CCCCNC(=O)[C@H](C)N(Cc1ccc(OC)cc1)C(=O)CN(c1cc(Cl)cc(Cl)c1)S(C)(=O)=O. The number of nitrogens with one attached hydrogen (secondary N) is 1. The quantitative estimate of drug-likeness (QED) is 0.406. The van der Waals surface area contributed by atoms with Crippen LogP contribution >= 0.6 is 23.2 Å². The molecule has 0 fully saturated rings. The minimum absolute atomic E-state index is 0.0963. The van der Waals surface area contributed by atoms with Crippen LogP contribution in [0.3, 0.4) is 0 Å². The van der Waals surface area contributed by atoms with Gasteiger partial charge in [0.2, 0.25) is 21.8 Å². The van der Waals surface area contributed by atoms with E-state index in [9.17, 15) is 18.0 Å². The topological polar surface area (TPSA) is 96.0 Å². The zero-order chi connectivity index (χ0) is 26.2. The number of unbranched alkanes of at least 4 members (excludes halogenated alkanes) is 1. The summed E-state index contributed by atoms with van der Waals surface area (Å²) in [5.74, 6) is -0.226. The maximum Gasteiger partial charge on any atom is 0.244 e. The van der Waals surface area contributed by atoms with E-state index < -0.39 is 28.5 Å². The highest BCUT2D eigenvalue weighted by atomic mass is 35.5. The molecule has 0 saturated heterocycles. The summed E-state index contributed by atoms with van der Waals surface area (Å²) in [5.41, 5.74) is 0.909. The van der Waals surface area contributed by atoms with Gasteiger partial charge < -0.3 is 15.0 Å². The molecule has 0 aliphatic carbocycles. The van der Waals surface area contributed by atoms with Crippen LogP contribution < -0.4 is 14.4 Å². The molecule has 0 spiro atoms. The third kappa shape index (κ3) is 8.59. The highest BCUT2D eigenvalue weighted by Crippen LogP contribution is 2.27. The number of carbonyl (C=O) groups excluding carboxylic acids is 2. The predicted octanol–water partition coefficient (Wildman–Crippen LogP) is 4.10. The van der Waals surface area contributed by atoms with E-state index in [0.717, 1.165) is 29.0 Å². The van der Waals surface area contributed by atoms with Gasteiger partial charge in [0.1, 0.15) is 18.3 Å². The molecule has 0 radical (unpaired) electrons. The number of ether oxygens (including phenoxy) is 1. The average Bonchev–Trinajstić information content (AvgIpc) is 2.79. The van der Waals surface area contributed by atoms with Crippen molar-refractivity contribution in [1.82, 2.24) is 10.2 Å². The van der Waals surface area contributed by atoms with Crippen LogP contribution in [0.1, 0.15) is 32.3 Å². The maximum atomic E-state index is 13.5. The molecule has 2 amide bonds. The van der Waals surface area contributed by atoms with Crippen molar-refractivity contribution in [1.29, 1.82) is 0 Å². The number of methoxy groups -OCH3 is 1. The first kappa shape index (κ1) is 28.7. The lowest BCUT2D eigenvalue weighted by Gasteiger charge is -2.31. The first-order valence-corrected chi connectivity index (χ1v) is 13.7. The lowest BCUT2D eigenvalue weighted by Crippen LogP contribution is -2.51. The summed E-state index contributed by atoms with van der Waals surface area (Å²) >= 11 is 12.1. The number of sulfonamides is 1. The Morgan fingerprint density at radius 2 is 1.69 bits per heavy atom. The Hall–Kier alpha value is -2.49. The highest BCUT2D eigenvalue weighted by molar-refractivity contribution is 7.92. The summed E-state index contributed by atoms with van der Waals surface area (Å²) in [5, 5.41) is 3.29. The number of halogens is 2. The smallest absolute Gasteiger partial charge is 0.244 e. The largest absolute Gasteiger partial charge is 0.497 e. The molecule has 2 aromatic rings. The second kappa shape index (κ2) is 13.0. The Bertz CT molecular complexity index is 1110. The zero-order valence-corrected chi connectivity index (χ0v) is 22.6. The first-order chi connectivity index (χ1) is 16.5. The molecule has 0 heterocycles. The molecule has 0 aliphatic rings. The van der Waals surface area contributed by atoms with Gasteiger partial charge in [0.25, 0.3) is 0 Å². The van der Waals surface area contributed by atoms with Crippen LogP contribution in [-0.4, -0.2) is 57.6 Å². The Kier molecular flexibility index (Phi) is 10.7. The third-order valence-electron chi connectivity index (χ3n) is 5.32. The predicted molar refractivity (Wildman–Crippen MR) is 140 cm³/mol. The molecular formula is C24H31Cl2N3O5S. The fourth-order valence-corrected chi connectivity index (χ4v) is 4.69. The molecule has 1 atom stereocenters. The van der Waals surface area contributed by atoms with Crippen molar-refractivity contribution < 1.29 is 22.7 Å². The average molecular weight is 545 g/mol. The van der Waals surface area contributed by atoms with Crippen molar-refractivity contribution in [3.05, 3.63) is 58.1 Å². The van der Waals surface area contributed by atoms with E-state index in [4.69, 9.17) is 27.9 Å². The molecule has 0 aromatic heterocycles. The summed E-state index contributed by atoms with van der Waals surface area (Å²) in [4.78, 5) is 27.7. The van der Waals surface area contributed by atoms with E-state index in [2.05, 4.69) is 5.32 Å². The maximum absolute atomic E-state index is 13.5. The van der Waals surface area contributed by atoms with Gasteiger partial charge in [0.05, 0.1) is 19.1 Å². The van der Waals surface area contributed by atoms with Gasteiger partial charge in [-0.3, -0.25) is 13.9 Å². The first-order valence-electron chi connectivity index (χ1n) is 11.1. The van der Waals surface area contributed by atoms with Crippen LogP contribution in [0, 0.1) is 0 Å². The van der Waals surface area contributed by atoms with Crippen LogP contribution in [0.15, 0.2) is 42.5 Å². The van der Waals surface area contributed by atoms with Gasteiger partial charge in [-0.25, -0.2) is 8.42 Å². The molecule has 0 saturated carbocycles. The summed E-state index contributed by atoms with van der Waals surface area (Å²) in [6.45, 7) is 3.68. The van der Waals surface area contributed by atoms with E-state index in [0.29, 0.717) is 12.3 Å². The Morgan fingerprint density at radius 1 is 1.09 bits per heavy atom. The van der Waals surface area contributed by atoms with Crippen molar-refractivity contribution in [2.24, 2.45) is 0 Å². The molecule has 192 valence electrons. The second-order valence-corrected chi connectivity index (χ2v) is 10.9. The van der Waals surface area contributed by atoms with Crippen LogP contribution in [0.4, 0.5) is 5.69 Å². The van der Waals surface area contributed by atoms with Crippen LogP contribution in [-0.2, 0) is 26.2 Å². The molecule has 8 nitrogen and oxygen atoms in total. The van der Waals surface area contributed by atoms with Crippen molar-refractivity contribution >= 4 is 50.7 Å². The molecule has 1 N–H and O–H groups in total. The number of amides is 2. The fraction of sp³-hybridized carbons (Fsp3) is 0.417. The number of benzene rings is 2. The Balaban J connectivity index is 2.37. The molecule has 2 aromatic carbocycles. The van der Waals surface area contributed by atoms with E-state index in [1.807, 2.05) is 6.92 Å². The molecule has 0 aliphatic heterocycles. The van der Waals surface area contributed by atoms with Crippen LogP contribution in [0.5, 0.6) is 5.75 Å². The molecule has 0 bridgehead atoms. The molecular weight excluding hydrogens is 513 g/mol. The molecule has 11 heteroatoms. The number of hydrogen-bond acceptors (Lipinski definition) is 5. The standard InChI is InChI=1S/C24H31Cl2N3O5S/c1-5-6-11-27-24(31)17(2)28(15-18-7-9-22(34-3)10-8-18)23(30)16-29(35(4,32)33)21-13-19(25)12-20(26)14-21/h7-10,12-14,17H,5-6,11,15-16H2,1-4H3,(H,27,31)/t17-/m0/s1. The lowest BCUT2D eigenvalue weighted by molar-refractivity contribution is -0.139. The summed E-state index contributed by atoms with van der Waals surface area (Å²) in [6.07, 6.45) is 2.71. The normalized spacial score (nSPS) is 12.1. The van der Waals surface area contributed by atoms with Gasteiger partial charge in [-0.2, -0.15) is 0 Å². The zero-order valence-electron chi connectivity index (χ0n) is 20.3. The fourth-order valence-electron chi connectivity index (χ4n) is 3.34. The van der Waals surface area contributed by atoms with Gasteiger partial charge in [0.15, 0.2) is 0 Å². The van der Waals surface area contributed by atoms with E-state index >= 15 is 0 Å². The number of hydrogen-bond donors (Lipinski definition) is 1. The second-order valence-electron chi connectivity index (χ2n) is 8.09. The molecule has 35 heavy (non-hydrogen) atoms. The van der Waals surface area contributed by atoms with Crippen LogP contribution in [0.2, 0.25) is 10.0 Å². The molecule has 2 rings (SSSR count). The van der Waals surface area contributed by atoms with Crippen LogP contribution in [0.25, 0.3) is 0 Å². The van der Waals surface area contributed by atoms with E-state index in [1.165, 1.54) is 23.1 Å². The third-order valence-corrected chi connectivity index (χ3v) is 6.90. The van der Waals surface area contributed by atoms with Crippen molar-refractivity contribution in [2.45, 2.75) is 39.3 Å². The van der Waals surface area contributed by atoms with E-state index in [-0.39, 0.29) is 28.2 Å². The number of carbonyl (C=O) groups is 2. The number of rotatable bonds is 12. The van der Waals surface area contributed by atoms with Gasteiger partial charge in [0, 0.05) is 23.1 Å². The lowest BCUT2D eigenvalue weighted by atomic mass is 10.1. The van der Waals surface area contributed by atoms with Crippen molar-refractivity contribution in [3.8, 4) is 5.75 Å². The summed E-state index contributed by atoms with van der Waals surface area (Å²) < 4.78 is 31.3. The van der Waals surface area contributed by atoms with Crippen molar-refractivity contribution in [3.63, 3.8) is 0 Å². The summed E-state index contributed by atoms with van der Waals surface area (Å²) in [6, 6.07) is 10.5. The van der Waals surface area contributed by atoms with Gasteiger partial charge in [-0.15, -0.1) is 0 Å². The Morgan fingerprint density at radius 3 is 2.20 bits per heavy atom. The minimum Gasteiger partial charge on any atom is -0.497 e.